The maximum Gasteiger partial charge on any atom is 0.306 e. The van der Waals surface area contributed by atoms with Crippen LogP contribution in [0.2, 0.25) is 0 Å². The predicted octanol–water partition coefficient (Wildman–Crippen LogP) is -0.223. The first kappa shape index (κ1) is 14.9. The Labute approximate surface area is 108 Å². The zero-order valence-corrected chi connectivity index (χ0v) is 11.1. The second kappa shape index (κ2) is 8.05. The van der Waals surface area contributed by atoms with Gasteiger partial charge < -0.3 is 14.8 Å². The number of carbonyl (C=O) groups is 2. The third kappa shape index (κ3) is 4.62. The van der Waals surface area contributed by atoms with Crippen LogP contribution in [0.1, 0.15) is 19.8 Å². The number of rotatable bonds is 6. The highest BCUT2D eigenvalue weighted by Crippen LogP contribution is 2.08. The van der Waals surface area contributed by atoms with Gasteiger partial charge in [0.15, 0.2) is 0 Å². The molecule has 1 fully saturated rings. The van der Waals surface area contributed by atoms with E-state index in [9.17, 15) is 9.59 Å². The molecular weight excluding hydrogens is 236 g/mol. The van der Waals surface area contributed by atoms with Crippen molar-refractivity contribution in [1.82, 2.24) is 10.2 Å². The van der Waals surface area contributed by atoms with Gasteiger partial charge in [-0.05, 0) is 6.42 Å². The largest absolute Gasteiger partial charge is 0.469 e. The standard InChI is InChI=1S/C12H22N2O4/c1-3-5-13-12(16)10-9-18-8-7-14(10)6-4-11(15)17-2/h10H,3-9H2,1-2H3,(H,13,16). The molecule has 1 N–H and O–H groups in total. The van der Waals surface area contributed by atoms with Crippen LogP contribution in [0.15, 0.2) is 0 Å². The van der Waals surface area contributed by atoms with E-state index in [4.69, 9.17) is 4.74 Å². The van der Waals surface area contributed by atoms with E-state index in [1.54, 1.807) is 0 Å². The highest BCUT2D eigenvalue weighted by Gasteiger charge is 2.29. The van der Waals surface area contributed by atoms with Crippen molar-refractivity contribution in [3.63, 3.8) is 0 Å². The maximum absolute atomic E-state index is 11.9. The lowest BCUT2D eigenvalue weighted by Gasteiger charge is -2.34. The summed E-state index contributed by atoms with van der Waals surface area (Å²) >= 11 is 0. The summed E-state index contributed by atoms with van der Waals surface area (Å²) in [6, 6.07) is -0.296. The van der Waals surface area contributed by atoms with Crippen LogP contribution < -0.4 is 5.32 Å². The molecule has 18 heavy (non-hydrogen) atoms. The lowest BCUT2D eigenvalue weighted by Crippen LogP contribution is -2.54. The summed E-state index contributed by atoms with van der Waals surface area (Å²) in [6.45, 7) is 4.85. The van der Waals surface area contributed by atoms with Gasteiger partial charge in [0, 0.05) is 19.6 Å². The van der Waals surface area contributed by atoms with E-state index < -0.39 is 0 Å². The minimum atomic E-state index is -0.296. The molecule has 104 valence electrons. The molecule has 1 atom stereocenters. The van der Waals surface area contributed by atoms with Crippen molar-refractivity contribution in [2.24, 2.45) is 0 Å². The summed E-state index contributed by atoms with van der Waals surface area (Å²) in [5, 5.41) is 2.86. The van der Waals surface area contributed by atoms with Crippen LogP contribution in [-0.2, 0) is 19.1 Å². The topological polar surface area (TPSA) is 67.9 Å². The SMILES string of the molecule is CCCNC(=O)C1COCCN1CCC(=O)OC. The van der Waals surface area contributed by atoms with E-state index in [1.807, 2.05) is 11.8 Å². The molecule has 1 amide bonds. The highest BCUT2D eigenvalue weighted by molar-refractivity contribution is 5.82. The van der Waals surface area contributed by atoms with Gasteiger partial charge in [0.1, 0.15) is 6.04 Å². The van der Waals surface area contributed by atoms with Crippen molar-refractivity contribution >= 4 is 11.9 Å². The average Bonchev–Trinajstić information content (AvgIpc) is 2.42. The van der Waals surface area contributed by atoms with Gasteiger partial charge in [-0.2, -0.15) is 0 Å². The Kier molecular flexibility index (Phi) is 6.67. The monoisotopic (exact) mass is 258 g/mol. The normalized spacial score (nSPS) is 20.4. The van der Waals surface area contributed by atoms with Crippen LogP contribution in [-0.4, -0.2) is 62.8 Å². The molecule has 1 saturated heterocycles. The van der Waals surface area contributed by atoms with Crippen molar-refractivity contribution < 1.29 is 19.1 Å². The number of hydrogen-bond acceptors (Lipinski definition) is 5. The number of nitrogens with one attached hydrogen (secondary N) is 1. The Balaban J connectivity index is 2.45. The van der Waals surface area contributed by atoms with Crippen molar-refractivity contribution in [1.29, 1.82) is 0 Å². The quantitative estimate of drug-likeness (QED) is 0.667. The van der Waals surface area contributed by atoms with Crippen LogP contribution in [0, 0.1) is 0 Å². The fourth-order valence-corrected chi connectivity index (χ4v) is 1.85. The molecule has 0 aromatic rings. The molecule has 1 aliphatic rings. The molecule has 1 unspecified atom stereocenters. The minimum Gasteiger partial charge on any atom is -0.469 e. The number of ether oxygens (including phenoxy) is 2. The van der Waals surface area contributed by atoms with Crippen LogP contribution >= 0.6 is 0 Å². The maximum atomic E-state index is 11.9. The van der Waals surface area contributed by atoms with Gasteiger partial charge in [0.2, 0.25) is 5.91 Å². The van der Waals surface area contributed by atoms with E-state index in [0.717, 1.165) is 6.42 Å². The molecule has 1 heterocycles. The number of carbonyl (C=O) groups excluding carboxylic acids is 2. The average molecular weight is 258 g/mol. The molecule has 6 nitrogen and oxygen atoms in total. The molecule has 0 radical (unpaired) electrons. The minimum absolute atomic E-state index is 0.0265. The van der Waals surface area contributed by atoms with Gasteiger partial charge in [-0.3, -0.25) is 14.5 Å². The first-order chi connectivity index (χ1) is 8.69. The number of nitrogens with zero attached hydrogens (tertiary/aromatic N) is 1. The van der Waals surface area contributed by atoms with Crippen LogP contribution in [0.25, 0.3) is 0 Å². The zero-order chi connectivity index (χ0) is 13.4. The van der Waals surface area contributed by atoms with Crippen molar-refractivity contribution in [2.45, 2.75) is 25.8 Å². The molecule has 1 rings (SSSR count). The molecule has 0 aromatic heterocycles. The fraction of sp³-hybridized carbons (Fsp3) is 0.833. The zero-order valence-electron chi connectivity index (χ0n) is 11.1. The number of methoxy groups -OCH3 is 1. The molecule has 1 aliphatic heterocycles. The number of esters is 1. The van der Waals surface area contributed by atoms with Crippen molar-refractivity contribution in [3.05, 3.63) is 0 Å². The van der Waals surface area contributed by atoms with Gasteiger partial charge in [-0.1, -0.05) is 6.92 Å². The third-order valence-corrected chi connectivity index (χ3v) is 2.92. The molecule has 0 bridgehead atoms. The first-order valence-electron chi connectivity index (χ1n) is 6.35. The summed E-state index contributed by atoms with van der Waals surface area (Å²) in [5.74, 6) is -0.282. The Morgan fingerprint density at radius 2 is 2.28 bits per heavy atom. The van der Waals surface area contributed by atoms with Crippen LogP contribution in [0.4, 0.5) is 0 Å². The lowest BCUT2D eigenvalue weighted by molar-refractivity contribution is -0.143. The van der Waals surface area contributed by atoms with E-state index in [0.29, 0.717) is 39.3 Å². The summed E-state index contributed by atoms with van der Waals surface area (Å²) in [6.07, 6.45) is 1.20. The smallest absolute Gasteiger partial charge is 0.306 e. The molecule has 6 heteroatoms. The predicted molar refractivity (Wildman–Crippen MR) is 66.1 cm³/mol. The Morgan fingerprint density at radius 1 is 1.50 bits per heavy atom. The molecular formula is C12H22N2O4. The summed E-state index contributed by atoms with van der Waals surface area (Å²) in [5.41, 5.74) is 0. The third-order valence-electron chi connectivity index (χ3n) is 2.92. The van der Waals surface area contributed by atoms with Crippen LogP contribution in [0.5, 0.6) is 0 Å². The van der Waals surface area contributed by atoms with Crippen molar-refractivity contribution in [3.8, 4) is 0 Å². The molecule has 0 aliphatic carbocycles. The Hall–Kier alpha value is -1.14. The van der Waals surface area contributed by atoms with Gasteiger partial charge in [-0.25, -0.2) is 0 Å². The fourth-order valence-electron chi connectivity index (χ4n) is 1.85. The van der Waals surface area contributed by atoms with E-state index in [2.05, 4.69) is 10.1 Å². The Morgan fingerprint density at radius 3 is 2.94 bits per heavy atom. The second-order valence-electron chi connectivity index (χ2n) is 4.24. The first-order valence-corrected chi connectivity index (χ1v) is 6.35. The Bertz CT molecular complexity index is 283. The van der Waals surface area contributed by atoms with E-state index in [-0.39, 0.29) is 17.9 Å². The van der Waals surface area contributed by atoms with E-state index in [1.165, 1.54) is 7.11 Å². The van der Waals surface area contributed by atoms with Gasteiger partial charge in [0.05, 0.1) is 26.7 Å². The molecule has 0 spiro atoms. The second-order valence-corrected chi connectivity index (χ2v) is 4.24. The molecule has 0 aromatic carbocycles. The van der Waals surface area contributed by atoms with E-state index >= 15 is 0 Å². The van der Waals surface area contributed by atoms with Gasteiger partial charge in [-0.15, -0.1) is 0 Å². The number of amides is 1. The number of morpholine rings is 1. The summed E-state index contributed by atoms with van der Waals surface area (Å²) < 4.78 is 9.93. The summed E-state index contributed by atoms with van der Waals surface area (Å²) in [7, 11) is 1.37. The molecule has 0 saturated carbocycles. The van der Waals surface area contributed by atoms with Crippen molar-refractivity contribution in [2.75, 3.05) is 40.0 Å². The lowest BCUT2D eigenvalue weighted by atomic mass is 10.2. The highest BCUT2D eigenvalue weighted by atomic mass is 16.5. The van der Waals surface area contributed by atoms with Crippen LogP contribution in [0.3, 0.4) is 0 Å². The van der Waals surface area contributed by atoms with Gasteiger partial charge in [0.25, 0.3) is 0 Å². The van der Waals surface area contributed by atoms with Gasteiger partial charge >= 0.3 is 5.97 Å². The summed E-state index contributed by atoms with van der Waals surface area (Å²) in [4.78, 5) is 25.0. The number of hydrogen-bond donors (Lipinski definition) is 1.